The van der Waals surface area contributed by atoms with Crippen molar-refractivity contribution in [2.24, 2.45) is 10.9 Å². The summed E-state index contributed by atoms with van der Waals surface area (Å²) < 4.78 is 6.10. The fourth-order valence-corrected chi connectivity index (χ4v) is 4.08. The molecule has 1 amide bonds. The molecule has 2 aliphatic rings. The molecule has 0 atom stereocenters. The molecule has 0 aliphatic heterocycles. The number of rotatable bonds is 6. The van der Waals surface area contributed by atoms with Crippen molar-refractivity contribution >= 4 is 11.6 Å². The standard InChI is InChI=1S/C21H37NO2/c1-17(15-16-18-11-7-4-5-8-12-18)22-20(23)21(2,3)24-19-13-9-6-10-14-19/h18-19H,4-16H2,1-3H3. The Kier molecular flexibility index (Phi) is 7.93. The van der Waals surface area contributed by atoms with E-state index in [2.05, 4.69) is 4.99 Å². The van der Waals surface area contributed by atoms with Crippen molar-refractivity contribution < 1.29 is 9.53 Å². The third kappa shape index (κ3) is 6.66. The van der Waals surface area contributed by atoms with Crippen LogP contribution in [-0.2, 0) is 9.53 Å². The summed E-state index contributed by atoms with van der Waals surface area (Å²) in [5.74, 6) is 0.727. The van der Waals surface area contributed by atoms with Crippen molar-refractivity contribution in [2.75, 3.05) is 0 Å². The van der Waals surface area contributed by atoms with Gasteiger partial charge in [-0.25, -0.2) is 4.99 Å². The Morgan fingerprint density at radius 1 is 0.958 bits per heavy atom. The van der Waals surface area contributed by atoms with Crippen LogP contribution in [-0.4, -0.2) is 23.3 Å². The highest BCUT2D eigenvalue weighted by Gasteiger charge is 2.32. The van der Waals surface area contributed by atoms with Crippen LogP contribution >= 0.6 is 0 Å². The molecular formula is C21H37NO2. The molecule has 0 saturated heterocycles. The van der Waals surface area contributed by atoms with Gasteiger partial charge in [-0.2, -0.15) is 0 Å². The molecule has 0 N–H and O–H groups in total. The minimum absolute atomic E-state index is 0.105. The van der Waals surface area contributed by atoms with Crippen molar-refractivity contribution in [3.63, 3.8) is 0 Å². The molecule has 0 radical (unpaired) electrons. The molecule has 0 aromatic heterocycles. The monoisotopic (exact) mass is 335 g/mol. The number of carbonyl (C=O) groups is 1. The van der Waals surface area contributed by atoms with Crippen LogP contribution in [0.15, 0.2) is 4.99 Å². The Morgan fingerprint density at radius 3 is 2.12 bits per heavy atom. The van der Waals surface area contributed by atoms with Gasteiger partial charge in [0.15, 0.2) is 0 Å². The van der Waals surface area contributed by atoms with Gasteiger partial charge in [0.2, 0.25) is 0 Å². The maximum Gasteiger partial charge on any atom is 0.277 e. The summed E-state index contributed by atoms with van der Waals surface area (Å²) in [6.07, 6.45) is 16.6. The molecule has 2 rings (SSSR count). The van der Waals surface area contributed by atoms with E-state index in [0.717, 1.165) is 30.9 Å². The summed E-state index contributed by atoms with van der Waals surface area (Å²) in [5.41, 5.74) is 0.190. The molecule has 0 bridgehead atoms. The predicted molar refractivity (Wildman–Crippen MR) is 101 cm³/mol. The summed E-state index contributed by atoms with van der Waals surface area (Å²) in [5, 5.41) is 0. The number of aliphatic imine (C=N–C) groups is 1. The topological polar surface area (TPSA) is 38.7 Å². The molecule has 3 heteroatoms. The molecule has 2 aliphatic carbocycles. The van der Waals surface area contributed by atoms with Crippen LogP contribution in [0.25, 0.3) is 0 Å². The van der Waals surface area contributed by atoms with Crippen LogP contribution in [0.1, 0.15) is 104 Å². The third-order valence-electron chi connectivity index (χ3n) is 5.71. The van der Waals surface area contributed by atoms with Crippen LogP contribution < -0.4 is 0 Å². The normalized spacial score (nSPS) is 22.4. The Hall–Kier alpha value is -0.700. The summed E-state index contributed by atoms with van der Waals surface area (Å²) in [6, 6.07) is 0. The minimum atomic E-state index is -0.786. The number of carbonyl (C=O) groups excluding carboxylic acids is 1. The number of hydrogen-bond acceptors (Lipinski definition) is 2. The number of nitrogens with zero attached hydrogens (tertiary/aromatic N) is 1. The average molecular weight is 336 g/mol. The zero-order valence-electron chi connectivity index (χ0n) is 16.1. The van der Waals surface area contributed by atoms with E-state index in [9.17, 15) is 4.79 Å². The maximum atomic E-state index is 12.5. The summed E-state index contributed by atoms with van der Waals surface area (Å²) in [4.78, 5) is 16.9. The fourth-order valence-electron chi connectivity index (χ4n) is 4.08. The molecule has 138 valence electrons. The second-order valence-electron chi connectivity index (χ2n) is 8.44. The van der Waals surface area contributed by atoms with Crippen LogP contribution in [0.5, 0.6) is 0 Å². The Morgan fingerprint density at radius 2 is 1.50 bits per heavy atom. The van der Waals surface area contributed by atoms with E-state index in [1.54, 1.807) is 0 Å². The molecule has 0 aromatic rings. The predicted octanol–water partition coefficient (Wildman–Crippen LogP) is 5.85. The van der Waals surface area contributed by atoms with Crippen LogP contribution in [0.4, 0.5) is 0 Å². The van der Waals surface area contributed by atoms with E-state index in [4.69, 9.17) is 4.74 Å². The van der Waals surface area contributed by atoms with Gasteiger partial charge < -0.3 is 4.74 Å². The highest BCUT2D eigenvalue weighted by Crippen LogP contribution is 2.27. The molecule has 24 heavy (non-hydrogen) atoms. The highest BCUT2D eigenvalue weighted by molar-refractivity contribution is 5.97. The van der Waals surface area contributed by atoms with Crippen LogP contribution in [0.3, 0.4) is 0 Å². The summed E-state index contributed by atoms with van der Waals surface area (Å²) in [7, 11) is 0. The van der Waals surface area contributed by atoms with Gasteiger partial charge >= 0.3 is 0 Å². The van der Waals surface area contributed by atoms with E-state index in [0.29, 0.717) is 0 Å². The first kappa shape index (κ1) is 19.6. The Balaban J connectivity index is 1.79. The number of ether oxygens (including phenoxy) is 1. The molecule has 0 unspecified atom stereocenters. The summed E-state index contributed by atoms with van der Waals surface area (Å²) in [6.45, 7) is 5.77. The number of amides is 1. The highest BCUT2D eigenvalue weighted by atomic mass is 16.5. The molecule has 2 fully saturated rings. The largest absolute Gasteiger partial charge is 0.362 e. The van der Waals surface area contributed by atoms with Crippen molar-refractivity contribution in [1.82, 2.24) is 0 Å². The molecular weight excluding hydrogens is 298 g/mol. The Bertz CT molecular complexity index is 414. The van der Waals surface area contributed by atoms with E-state index < -0.39 is 5.60 Å². The van der Waals surface area contributed by atoms with Gasteiger partial charge in [0.25, 0.3) is 5.91 Å². The van der Waals surface area contributed by atoms with Crippen molar-refractivity contribution in [3.05, 3.63) is 0 Å². The lowest BCUT2D eigenvalue weighted by Gasteiger charge is -2.30. The van der Waals surface area contributed by atoms with Gasteiger partial charge in [0.05, 0.1) is 6.10 Å². The molecule has 2 saturated carbocycles. The quantitative estimate of drug-likeness (QED) is 0.451. The van der Waals surface area contributed by atoms with Gasteiger partial charge in [-0.05, 0) is 52.4 Å². The molecule has 3 nitrogen and oxygen atoms in total. The lowest BCUT2D eigenvalue weighted by atomic mass is 9.94. The Labute approximate surface area is 148 Å². The fraction of sp³-hybridized carbons (Fsp3) is 0.905. The molecule has 0 spiro atoms. The molecule has 0 aromatic carbocycles. The first-order chi connectivity index (χ1) is 11.5. The van der Waals surface area contributed by atoms with E-state index in [1.165, 1.54) is 64.2 Å². The third-order valence-corrected chi connectivity index (χ3v) is 5.71. The van der Waals surface area contributed by atoms with Crippen LogP contribution in [0.2, 0.25) is 0 Å². The first-order valence-corrected chi connectivity index (χ1v) is 10.2. The van der Waals surface area contributed by atoms with E-state index in [-0.39, 0.29) is 12.0 Å². The van der Waals surface area contributed by atoms with Gasteiger partial charge in [-0.3, -0.25) is 4.79 Å². The van der Waals surface area contributed by atoms with Gasteiger partial charge in [-0.15, -0.1) is 0 Å². The smallest absolute Gasteiger partial charge is 0.277 e. The van der Waals surface area contributed by atoms with E-state index in [1.807, 2.05) is 20.8 Å². The zero-order chi connectivity index (χ0) is 17.4. The van der Waals surface area contributed by atoms with Gasteiger partial charge in [0.1, 0.15) is 5.60 Å². The SMILES string of the molecule is CC(CCC1CCCCCC1)=NC(=O)C(C)(C)OC1CCCCC1. The van der Waals surface area contributed by atoms with Crippen LogP contribution in [0, 0.1) is 5.92 Å². The second-order valence-corrected chi connectivity index (χ2v) is 8.44. The van der Waals surface area contributed by atoms with Gasteiger partial charge in [0, 0.05) is 5.71 Å². The second kappa shape index (κ2) is 9.70. The number of hydrogen-bond donors (Lipinski definition) is 0. The molecule has 0 heterocycles. The summed E-state index contributed by atoms with van der Waals surface area (Å²) >= 11 is 0. The lowest BCUT2D eigenvalue weighted by Crippen LogP contribution is -2.39. The van der Waals surface area contributed by atoms with E-state index >= 15 is 0 Å². The van der Waals surface area contributed by atoms with Gasteiger partial charge in [-0.1, -0.05) is 57.8 Å². The first-order valence-electron chi connectivity index (χ1n) is 10.2. The lowest BCUT2D eigenvalue weighted by molar-refractivity contribution is -0.148. The van der Waals surface area contributed by atoms with Crippen molar-refractivity contribution in [1.29, 1.82) is 0 Å². The van der Waals surface area contributed by atoms with Crippen molar-refractivity contribution in [2.45, 2.75) is 116 Å². The zero-order valence-corrected chi connectivity index (χ0v) is 16.1. The van der Waals surface area contributed by atoms with Crippen molar-refractivity contribution in [3.8, 4) is 0 Å². The maximum absolute atomic E-state index is 12.5. The minimum Gasteiger partial charge on any atom is -0.362 e. The average Bonchev–Trinajstić information content (AvgIpc) is 2.82.